The summed E-state index contributed by atoms with van der Waals surface area (Å²) in [5, 5.41) is 6.81. The van der Waals surface area contributed by atoms with Crippen LogP contribution in [0.3, 0.4) is 0 Å². The van der Waals surface area contributed by atoms with Crippen LogP contribution in [0.2, 0.25) is 0 Å². The molecule has 3 N–H and O–H groups in total. The smallest absolute Gasteiger partial charge is 0.149 e. The number of benzene rings is 1. The molecule has 0 saturated carbocycles. The van der Waals surface area contributed by atoms with Gasteiger partial charge in [-0.1, -0.05) is 19.9 Å². The van der Waals surface area contributed by atoms with Gasteiger partial charge in [0, 0.05) is 5.56 Å². The Bertz CT molecular complexity index is 578. The Morgan fingerprint density at radius 1 is 1.42 bits per heavy atom. The number of nitrogens with one attached hydrogen (secondary N) is 1. The fraction of sp³-hybridized carbons (Fsp3) is 0.357. The lowest BCUT2D eigenvalue weighted by atomic mass is 9.98. The number of anilines is 1. The van der Waals surface area contributed by atoms with Crippen molar-refractivity contribution in [2.75, 3.05) is 12.8 Å². The van der Waals surface area contributed by atoms with Crippen molar-refractivity contribution in [3.05, 3.63) is 29.6 Å². The summed E-state index contributed by atoms with van der Waals surface area (Å²) in [5.74, 6) is 0.923. The van der Waals surface area contributed by atoms with Gasteiger partial charge in [-0.25, -0.2) is 4.39 Å². The minimum absolute atomic E-state index is 0.354. The molecule has 0 aliphatic rings. The number of hydrogen-bond donors (Lipinski definition) is 2. The molecule has 19 heavy (non-hydrogen) atoms. The molecular weight excluding hydrogens is 245 g/mol. The maximum Gasteiger partial charge on any atom is 0.149 e. The summed E-state index contributed by atoms with van der Waals surface area (Å²) in [6.07, 6.45) is 0.731. The van der Waals surface area contributed by atoms with Gasteiger partial charge in [-0.2, -0.15) is 5.10 Å². The molecule has 1 heterocycles. The molecule has 2 rings (SSSR count). The Kier molecular flexibility index (Phi) is 3.74. The summed E-state index contributed by atoms with van der Waals surface area (Å²) in [4.78, 5) is 0. The fourth-order valence-corrected chi connectivity index (χ4v) is 2.12. The van der Waals surface area contributed by atoms with E-state index in [2.05, 4.69) is 24.0 Å². The van der Waals surface area contributed by atoms with Crippen molar-refractivity contribution in [1.82, 2.24) is 10.2 Å². The number of aromatic nitrogens is 2. The summed E-state index contributed by atoms with van der Waals surface area (Å²) < 4.78 is 19.3. The molecule has 0 fully saturated rings. The molecule has 0 aliphatic heterocycles. The first kappa shape index (κ1) is 13.4. The molecule has 0 amide bonds. The van der Waals surface area contributed by atoms with Gasteiger partial charge in [0.15, 0.2) is 0 Å². The van der Waals surface area contributed by atoms with Crippen molar-refractivity contribution in [2.24, 2.45) is 5.92 Å². The summed E-state index contributed by atoms with van der Waals surface area (Å²) in [5.41, 5.74) is 7.67. The van der Waals surface area contributed by atoms with Gasteiger partial charge < -0.3 is 10.5 Å². The highest BCUT2D eigenvalue weighted by Gasteiger charge is 2.20. The van der Waals surface area contributed by atoms with Crippen molar-refractivity contribution in [3.63, 3.8) is 0 Å². The average molecular weight is 263 g/mol. The Labute approximate surface area is 111 Å². The molecule has 1 aromatic carbocycles. The molecule has 0 bridgehead atoms. The van der Waals surface area contributed by atoms with Crippen LogP contribution in [0, 0.1) is 11.7 Å². The number of hydrogen-bond acceptors (Lipinski definition) is 3. The van der Waals surface area contributed by atoms with Crippen LogP contribution in [-0.2, 0) is 6.42 Å². The monoisotopic (exact) mass is 263 g/mol. The zero-order valence-corrected chi connectivity index (χ0v) is 11.3. The van der Waals surface area contributed by atoms with Gasteiger partial charge in [-0.05, 0) is 24.5 Å². The van der Waals surface area contributed by atoms with E-state index >= 15 is 0 Å². The first-order chi connectivity index (χ1) is 9.04. The number of methoxy groups -OCH3 is 1. The third-order valence-corrected chi connectivity index (χ3v) is 2.96. The molecule has 102 valence electrons. The van der Waals surface area contributed by atoms with Gasteiger partial charge in [0.2, 0.25) is 0 Å². The highest BCUT2D eigenvalue weighted by atomic mass is 19.1. The predicted molar refractivity (Wildman–Crippen MR) is 73.5 cm³/mol. The Morgan fingerprint density at radius 2 is 2.16 bits per heavy atom. The van der Waals surface area contributed by atoms with Gasteiger partial charge >= 0.3 is 0 Å². The van der Waals surface area contributed by atoms with Gasteiger partial charge in [0.25, 0.3) is 0 Å². The van der Waals surface area contributed by atoms with Gasteiger partial charge in [0.1, 0.15) is 17.4 Å². The van der Waals surface area contributed by atoms with Gasteiger partial charge in [0.05, 0.1) is 18.4 Å². The second kappa shape index (κ2) is 5.30. The second-order valence-electron chi connectivity index (χ2n) is 4.88. The van der Waals surface area contributed by atoms with E-state index in [1.165, 1.54) is 13.2 Å². The van der Waals surface area contributed by atoms with E-state index in [4.69, 9.17) is 10.5 Å². The minimum Gasteiger partial charge on any atom is -0.496 e. The highest BCUT2D eigenvalue weighted by Crippen LogP contribution is 2.35. The molecule has 0 unspecified atom stereocenters. The molecule has 0 atom stereocenters. The van der Waals surface area contributed by atoms with Crippen LogP contribution in [0.1, 0.15) is 19.4 Å². The quantitative estimate of drug-likeness (QED) is 0.891. The third-order valence-electron chi connectivity index (χ3n) is 2.96. The lowest BCUT2D eigenvalue weighted by Gasteiger charge is -2.11. The molecule has 1 aromatic heterocycles. The van der Waals surface area contributed by atoms with Crippen molar-refractivity contribution >= 4 is 5.82 Å². The largest absolute Gasteiger partial charge is 0.496 e. The van der Waals surface area contributed by atoms with Crippen molar-refractivity contribution in [3.8, 4) is 17.0 Å². The number of nitrogens with two attached hydrogens (primary N) is 1. The van der Waals surface area contributed by atoms with Crippen LogP contribution in [0.15, 0.2) is 18.2 Å². The Hall–Kier alpha value is -2.04. The fourth-order valence-electron chi connectivity index (χ4n) is 2.12. The van der Waals surface area contributed by atoms with Crippen LogP contribution in [-0.4, -0.2) is 17.3 Å². The molecule has 4 nitrogen and oxygen atoms in total. The Morgan fingerprint density at radius 3 is 2.79 bits per heavy atom. The maximum atomic E-state index is 14.1. The van der Waals surface area contributed by atoms with E-state index in [-0.39, 0.29) is 5.82 Å². The number of ether oxygens (including phenoxy) is 1. The SMILES string of the molecule is COc1cccc(F)c1-c1[nH]nc(N)c1CC(C)C. The standard InChI is InChI=1S/C14H18FN3O/c1-8(2)7-9-13(17-18-14(9)16)12-10(15)5-4-6-11(12)19-3/h4-6,8H,7H2,1-3H3,(H3,16,17,18). The molecular formula is C14H18FN3O. The van der Waals surface area contributed by atoms with Crippen LogP contribution in [0.5, 0.6) is 5.75 Å². The third kappa shape index (κ3) is 2.54. The summed E-state index contributed by atoms with van der Waals surface area (Å²) >= 11 is 0. The summed E-state index contributed by atoms with van der Waals surface area (Å²) in [6.45, 7) is 4.16. The van der Waals surface area contributed by atoms with Crippen molar-refractivity contribution in [1.29, 1.82) is 0 Å². The number of rotatable bonds is 4. The summed E-state index contributed by atoms with van der Waals surface area (Å²) in [6, 6.07) is 4.72. The number of aromatic amines is 1. The van der Waals surface area contributed by atoms with Gasteiger partial charge in [-0.15, -0.1) is 0 Å². The van der Waals surface area contributed by atoms with Crippen LogP contribution >= 0.6 is 0 Å². The second-order valence-corrected chi connectivity index (χ2v) is 4.88. The number of nitrogens with zero attached hydrogens (tertiary/aromatic N) is 1. The normalized spacial score (nSPS) is 11.0. The molecule has 0 aliphatic carbocycles. The lowest BCUT2D eigenvalue weighted by molar-refractivity contribution is 0.413. The van der Waals surface area contributed by atoms with Crippen molar-refractivity contribution < 1.29 is 9.13 Å². The average Bonchev–Trinajstić information content (AvgIpc) is 2.70. The number of H-pyrrole nitrogens is 1. The van der Waals surface area contributed by atoms with Crippen LogP contribution in [0.25, 0.3) is 11.3 Å². The number of nitrogen functional groups attached to an aromatic ring is 1. The van der Waals surface area contributed by atoms with E-state index in [0.717, 1.165) is 12.0 Å². The Balaban J connectivity index is 2.59. The van der Waals surface area contributed by atoms with Gasteiger partial charge in [-0.3, -0.25) is 5.10 Å². The molecule has 0 spiro atoms. The molecule has 0 saturated heterocycles. The van der Waals surface area contributed by atoms with E-state index in [1.807, 2.05) is 0 Å². The topological polar surface area (TPSA) is 63.9 Å². The molecule has 5 heteroatoms. The molecule has 2 aromatic rings. The highest BCUT2D eigenvalue weighted by molar-refractivity contribution is 5.74. The summed E-state index contributed by atoms with van der Waals surface area (Å²) in [7, 11) is 1.51. The predicted octanol–water partition coefficient (Wildman–Crippen LogP) is 3.01. The lowest BCUT2D eigenvalue weighted by Crippen LogP contribution is -2.00. The van der Waals surface area contributed by atoms with E-state index in [1.54, 1.807) is 12.1 Å². The van der Waals surface area contributed by atoms with E-state index in [9.17, 15) is 4.39 Å². The maximum absolute atomic E-state index is 14.1. The zero-order chi connectivity index (χ0) is 14.0. The zero-order valence-electron chi connectivity index (χ0n) is 11.3. The van der Waals surface area contributed by atoms with Crippen LogP contribution < -0.4 is 10.5 Å². The first-order valence-electron chi connectivity index (χ1n) is 6.20. The van der Waals surface area contributed by atoms with Crippen LogP contribution in [0.4, 0.5) is 10.2 Å². The minimum atomic E-state index is -0.354. The number of halogens is 1. The van der Waals surface area contributed by atoms with E-state index < -0.39 is 0 Å². The van der Waals surface area contributed by atoms with E-state index in [0.29, 0.717) is 28.7 Å². The van der Waals surface area contributed by atoms with Crippen molar-refractivity contribution in [2.45, 2.75) is 20.3 Å². The molecule has 0 radical (unpaired) electrons. The first-order valence-corrected chi connectivity index (χ1v) is 6.20.